The second-order valence-corrected chi connectivity index (χ2v) is 3.62. The maximum absolute atomic E-state index is 12.0. The molecule has 1 heterocycles. The molecule has 0 aliphatic heterocycles. The lowest BCUT2D eigenvalue weighted by atomic mass is 10.1. The number of hydrogen-bond donors (Lipinski definition) is 0. The molecule has 0 radical (unpaired) electrons. The van der Waals surface area contributed by atoms with E-state index in [1.165, 1.54) is 11.0 Å². The number of ketones is 1. The Morgan fingerprint density at radius 1 is 1.47 bits per heavy atom. The van der Waals surface area contributed by atoms with Crippen LogP contribution >= 0.6 is 0 Å². The van der Waals surface area contributed by atoms with Crippen LogP contribution in [-0.4, -0.2) is 20.5 Å². The smallest absolute Gasteiger partial charge is 0.252 e. The maximum Gasteiger partial charge on any atom is 0.252 e. The summed E-state index contributed by atoms with van der Waals surface area (Å²) < 4.78 is 1.37. The van der Waals surface area contributed by atoms with Gasteiger partial charge in [-0.05, 0) is 12.5 Å². The van der Waals surface area contributed by atoms with E-state index in [4.69, 9.17) is 5.26 Å². The summed E-state index contributed by atoms with van der Waals surface area (Å²) in [6.45, 7) is 1.98. The Morgan fingerprint density at radius 2 is 2.24 bits per heavy atom. The summed E-state index contributed by atoms with van der Waals surface area (Å²) in [5.41, 5.74) is 1.60. The molecule has 17 heavy (non-hydrogen) atoms. The fourth-order valence-corrected chi connectivity index (χ4v) is 1.54. The minimum absolute atomic E-state index is 0.0440. The highest BCUT2D eigenvalue weighted by molar-refractivity contribution is 5.97. The van der Waals surface area contributed by atoms with Gasteiger partial charge in [-0.3, -0.25) is 4.79 Å². The van der Waals surface area contributed by atoms with Gasteiger partial charge in [-0.15, -0.1) is 5.10 Å². The molecular weight excluding hydrogens is 216 g/mol. The van der Waals surface area contributed by atoms with Gasteiger partial charge in [0.25, 0.3) is 5.82 Å². The molecule has 5 nitrogen and oxygen atoms in total. The van der Waals surface area contributed by atoms with Gasteiger partial charge in [0.15, 0.2) is 5.78 Å². The van der Waals surface area contributed by atoms with E-state index < -0.39 is 0 Å². The first-order chi connectivity index (χ1) is 8.20. The van der Waals surface area contributed by atoms with E-state index in [1.807, 2.05) is 31.2 Å². The third-order valence-corrected chi connectivity index (χ3v) is 2.39. The first-order valence-corrected chi connectivity index (χ1v) is 5.09. The summed E-state index contributed by atoms with van der Waals surface area (Å²) >= 11 is 0. The minimum atomic E-state index is -0.0440. The Balaban J connectivity index is 2.18. The van der Waals surface area contributed by atoms with Crippen molar-refractivity contribution in [2.75, 3.05) is 0 Å². The minimum Gasteiger partial charge on any atom is -0.292 e. The van der Waals surface area contributed by atoms with Crippen LogP contribution in [0.4, 0.5) is 0 Å². The SMILES string of the molecule is Cc1ccccc1C(=O)Cn1cnc(C#N)n1. The molecule has 0 atom stereocenters. The van der Waals surface area contributed by atoms with Gasteiger partial charge < -0.3 is 0 Å². The molecular formula is C12H10N4O. The largest absolute Gasteiger partial charge is 0.292 e. The van der Waals surface area contributed by atoms with Crippen molar-refractivity contribution in [2.24, 2.45) is 0 Å². The lowest BCUT2D eigenvalue weighted by molar-refractivity contribution is 0.0967. The van der Waals surface area contributed by atoms with Crippen molar-refractivity contribution in [1.29, 1.82) is 5.26 Å². The summed E-state index contributed by atoms with van der Waals surface area (Å²) in [4.78, 5) is 15.7. The van der Waals surface area contributed by atoms with Crippen LogP contribution < -0.4 is 0 Å². The number of hydrogen-bond acceptors (Lipinski definition) is 4. The molecule has 5 heteroatoms. The predicted octanol–water partition coefficient (Wildman–Crippen LogP) is 1.34. The Bertz CT molecular complexity index is 595. The highest BCUT2D eigenvalue weighted by Crippen LogP contribution is 2.08. The molecule has 1 aromatic heterocycles. The van der Waals surface area contributed by atoms with E-state index in [0.717, 1.165) is 5.56 Å². The number of benzene rings is 1. The second kappa shape index (κ2) is 4.58. The molecule has 84 valence electrons. The average molecular weight is 226 g/mol. The third kappa shape index (κ3) is 2.37. The van der Waals surface area contributed by atoms with Crippen LogP contribution in [0.25, 0.3) is 0 Å². The van der Waals surface area contributed by atoms with Crippen molar-refractivity contribution in [2.45, 2.75) is 13.5 Å². The Labute approximate surface area is 98.3 Å². The van der Waals surface area contributed by atoms with Gasteiger partial charge in [0, 0.05) is 5.56 Å². The van der Waals surface area contributed by atoms with Gasteiger partial charge in [0.2, 0.25) is 0 Å². The van der Waals surface area contributed by atoms with Gasteiger partial charge in [-0.25, -0.2) is 9.67 Å². The molecule has 0 aliphatic carbocycles. The van der Waals surface area contributed by atoms with Gasteiger partial charge >= 0.3 is 0 Å². The van der Waals surface area contributed by atoms with Crippen LogP contribution in [0.1, 0.15) is 21.7 Å². The lowest BCUT2D eigenvalue weighted by Crippen LogP contribution is -2.12. The van der Waals surface area contributed by atoms with Crippen molar-refractivity contribution in [3.63, 3.8) is 0 Å². The van der Waals surface area contributed by atoms with Crippen molar-refractivity contribution < 1.29 is 4.79 Å². The molecule has 0 amide bonds. The molecule has 0 aliphatic rings. The van der Waals surface area contributed by atoms with Crippen LogP contribution in [0.3, 0.4) is 0 Å². The summed E-state index contributed by atoms with van der Waals surface area (Å²) in [7, 11) is 0. The molecule has 0 N–H and O–H groups in total. The Kier molecular flexibility index (Phi) is 2.97. The summed E-state index contributed by atoms with van der Waals surface area (Å²) in [5.74, 6) is 0.0278. The topological polar surface area (TPSA) is 71.6 Å². The first-order valence-electron chi connectivity index (χ1n) is 5.09. The third-order valence-electron chi connectivity index (χ3n) is 2.39. The summed E-state index contributed by atoms with van der Waals surface area (Å²) in [6.07, 6.45) is 1.38. The van der Waals surface area contributed by atoms with Crippen molar-refractivity contribution in [3.8, 4) is 6.07 Å². The van der Waals surface area contributed by atoms with Gasteiger partial charge in [0.05, 0.1) is 0 Å². The number of nitrogens with zero attached hydrogens (tertiary/aromatic N) is 4. The zero-order valence-electron chi connectivity index (χ0n) is 9.29. The summed E-state index contributed by atoms with van der Waals surface area (Å²) in [6, 6.07) is 9.19. The van der Waals surface area contributed by atoms with Crippen molar-refractivity contribution in [1.82, 2.24) is 14.8 Å². The Morgan fingerprint density at radius 3 is 2.88 bits per heavy atom. The number of nitriles is 1. The van der Waals surface area contributed by atoms with E-state index in [2.05, 4.69) is 10.1 Å². The summed E-state index contributed by atoms with van der Waals surface area (Å²) in [5, 5.41) is 12.4. The molecule has 0 unspecified atom stereocenters. The van der Waals surface area contributed by atoms with Gasteiger partial charge in [-0.1, -0.05) is 24.3 Å². The van der Waals surface area contributed by atoms with E-state index in [1.54, 1.807) is 6.07 Å². The zero-order valence-corrected chi connectivity index (χ0v) is 9.29. The first kappa shape index (κ1) is 11.0. The molecule has 1 aromatic carbocycles. The molecule has 0 fully saturated rings. The van der Waals surface area contributed by atoms with Crippen molar-refractivity contribution in [3.05, 3.63) is 47.5 Å². The maximum atomic E-state index is 12.0. The lowest BCUT2D eigenvalue weighted by Gasteiger charge is -2.03. The van der Waals surface area contributed by atoms with Gasteiger partial charge in [-0.2, -0.15) is 5.26 Å². The monoisotopic (exact) mass is 226 g/mol. The van der Waals surface area contributed by atoms with Crippen LogP contribution in [0.2, 0.25) is 0 Å². The van der Waals surface area contributed by atoms with E-state index >= 15 is 0 Å². The van der Waals surface area contributed by atoms with Crippen LogP contribution in [0.5, 0.6) is 0 Å². The number of carbonyl (C=O) groups is 1. The highest BCUT2D eigenvalue weighted by atomic mass is 16.1. The van der Waals surface area contributed by atoms with E-state index in [9.17, 15) is 4.79 Å². The highest BCUT2D eigenvalue weighted by Gasteiger charge is 2.10. The van der Waals surface area contributed by atoms with Crippen LogP contribution in [0, 0.1) is 18.3 Å². The molecule has 2 rings (SSSR count). The molecule has 0 bridgehead atoms. The molecule has 2 aromatic rings. The van der Waals surface area contributed by atoms with Crippen LogP contribution in [-0.2, 0) is 6.54 Å². The predicted molar refractivity (Wildman–Crippen MR) is 60.2 cm³/mol. The average Bonchev–Trinajstić information content (AvgIpc) is 2.77. The number of carbonyl (C=O) groups excluding carboxylic acids is 1. The number of aryl methyl sites for hydroxylation is 1. The van der Waals surface area contributed by atoms with E-state index in [0.29, 0.717) is 5.56 Å². The number of aromatic nitrogens is 3. The number of rotatable bonds is 3. The molecule has 0 saturated heterocycles. The molecule has 0 spiro atoms. The quantitative estimate of drug-likeness (QED) is 0.740. The van der Waals surface area contributed by atoms with Crippen molar-refractivity contribution >= 4 is 5.78 Å². The van der Waals surface area contributed by atoms with Gasteiger partial charge in [0.1, 0.15) is 18.9 Å². The fourth-order valence-electron chi connectivity index (χ4n) is 1.54. The Hall–Kier alpha value is -2.48. The van der Waals surface area contributed by atoms with E-state index in [-0.39, 0.29) is 18.2 Å². The normalized spacial score (nSPS) is 9.88. The zero-order chi connectivity index (χ0) is 12.3. The fraction of sp³-hybridized carbons (Fsp3) is 0.167. The standard InChI is InChI=1S/C12H10N4O/c1-9-4-2-3-5-10(9)11(17)7-16-8-14-12(6-13)15-16/h2-5,8H,7H2,1H3. The second-order valence-electron chi connectivity index (χ2n) is 3.62. The number of Topliss-reactive ketones (excluding diaryl/α,β-unsaturated/α-hetero) is 1. The van der Waals surface area contributed by atoms with Crippen LogP contribution in [0.15, 0.2) is 30.6 Å². The molecule has 0 saturated carbocycles.